The zero-order valence-electron chi connectivity index (χ0n) is 28.6. The van der Waals surface area contributed by atoms with Gasteiger partial charge in [0.15, 0.2) is 0 Å². The standard InChI is InChI=1S/C18H25N3O5.C18H25N3O4/c19-7-1-2-8-20-17(24)15(9-11-3-5-12(22)6-4-11)21-16(23)13-10-14(13)18(25)26;19-8-4-5-9-20-17(23)15(10-12-6-2-1-3-7-12)21-16(22)13-11-14(13)18(24)25/h3-6,13-15,22H,1-2,7-10,19H2,(H,20,24)(H,21,23)(H,25,26);1-3,6-7,13-15H,4-5,8-11,19H2,(H,20,23)(H,21,22)(H,24,25). The highest BCUT2D eigenvalue weighted by atomic mass is 16.4. The summed E-state index contributed by atoms with van der Waals surface area (Å²) in [6.07, 6.45) is 4.36. The Hall–Kier alpha value is -5.02. The Kier molecular flexibility index (Phi) is 16.3. The maximum absolute atomic E-state index is 12.4. The Morgan fingerprint density at radius 1 is 0.608 bits per heavy atom. The third kappa shape index (κ3) is 14.0. The van der Waals surface area contributed by atoms with Crippen LogP contribution in [-0.2, 0) is 41.6 Å². The number of phenolic OH excluding ortho intramolecular Hbond substituents is 1. The largest absolute Gasteiger partial charge is 0.508 e. The number of nitrogens with one attached hydrogen (secondary N) is 4. The number of carbonyl (C=O) groups excluding carboxylic acids is 4. The lowest BCUT2D eigenvalue weighted by atomic mass is 10.0. The van der Waals surface area contributed by atoms with E-state index in [1.165, 1.54) is 12.1 Å². The van der Waals surface area contributed by atoms with E-state index in [9.17, 15) is 33.9 Å². The molecule has 4 amide bonds. The SMILES string of the molecule is NCCCCNC(=O)C(Cc1ccc(O)cc1)NC(=O)C1CC1C(=O)O.NCCCCNC(=O)C(Cc1ccccc1)NC(=O)C1CC1C(=O)O. The molecular formula is C36H50N6O9. The number of aromatic hydroxyl groups is 1. The number of nitrogens with two attached hydrogens (primary N) is 2. The average Bonchev–Trinajstić information content (AvgIpc) is 4.04. The lowest BCUT2D eigenvalue weighted by Gasteiger charge is -2.19. The fraction of sp³-hybridized carbons (Fsp3) is 0.500. The minimum absolute atomic E-state index is 0.114. The first-order chi connectivity index (χ1) is 24.4. The van der Waals surface area contributed by atoms with Crippen LogP contribution in [0, 0.1) is 23.7 Å². The molecule has 6 atom stereocenters. The van der Waals surface area contributed by atoms with E-state index in [1.807, 2.05) is 30.3 Å². The first-order valence-electron chi connectivity index (χ1n) is 17.3. The van der Waals surface area contributed by atoms with Gasteiger partial charge in [0.05, 0.1) is 23.7 Å². The number of carboxylic acid groups (broad SMARTS) is 2. The van der Waals surface area contributed by atoms with Gasteiger partial charge in [-0.3, -0.25) is 28.8 Å². The molecule has 0 bridgehead atoms. The number of benzene rings is 2. The predicted molar refractivity (Wildman–Crippen MR) is 187 cm³/mol. The van der Waals surface area contributed by atoms with E-state index >= 15 is 0 Å². The minimum atomic E-state index is -0.994. The summed E-state index contributed by atoms with van der Waals surface area (Å²) in [6.45, 7) is 2.07. The molecule has 2 aromatic rings. The summed E-state index contributed by atoms with van der Waals surface area (Å²) in [7, 11) is 0. The molecule has 2 fully saturated rings. The first-order valence-corrected chi connectivity index (χ1v) is 17.3. The van der Waals surface area contributed by atoms with Gasteiger partial charge in [0.25, 0.3) is 0 Å². The molecule has 4 rings (SSSR count). The van der Waals surface area contributed by atoms with Crippen molar-refractivity contribution in [3.63, 3.8) is 0 Å². The summed E-state index contributed by atoms with van der Waals surface area (Å²) >= 11 is 0. The number of phenols is 1. The van der Waals surface area contributed by atoms with E-state index in [2.05, 4.69) is 21.3 Å². The van der Waals surface area contributed by atoms with Crippen LogP contribution in [0.4, 0.5) is 0 Å². The highest BCUT2D eigenvalue weighted by Gasteiger charge is 2.49. The predicted octanol–water partition coefficient (Wildman–Crippen LogP) is 0.285. The van der Waals surface area contributed by atoms with Crippen LogP contribution in [0.5, 0.6) is 5.75 Å². The highest BCUT2D eigenvalue weighted by molar-refractivity contribution is 5.94. The Balaban J connectivity index is 0.000000276. The van der Waals surface area contributed by atoms with Gasteiger partial charge in [-0.2, -0.15) is 0 Å². The lowest BCUT2D eigenvalue weighted by molar-refractivity contribution is -0.140. The summed E-state index contributed by atoms with van der Waals surface area (Å²) in [6, 6.07) is 14.2. The molecule has 0 radical (unpaired) electrons. The number of unbranched alkanes of at least 4 members (excludes halogenated alkanes) is 2. The number of rotatable bonds is 20. The van der Waals surface area contributed by atoms with Gasteiger partial charge in [-0.25, -0.2) is 0 Å². The van der Waals surface area contributed by atoms with Crippen LogP contribution in [0.25, 0.3) is 0 Å². The summed E-state index contributed by atoms with van der Waals surface area (Å²) in [4.78, 5) is 71.2. The van der Waals surface area contributed by atoms with Crippen molar-refractivity contribution < 1.29 is 44.1 Å². The summed E-state index contributed by atoms with van der Waals surface area (Å²) in [5.41, 5.74) is 12.6. The number of hydrogen-bond donors (Lipinski definition) is 9. The number of amides is 4. The van der Waals surface area contributed by atoms with Crippen molar-refractivity contribution in [1.29, 1.82) is 0 Å². The maximum atomic E-state index is 12.4. The fourth-order valence-corrected chi connectivity index (χ4v) is 5.42. The molecule has 0 aliphatic heterocycles. The zero-order valence-corrected chi connectivity index (χ0v) is 28.6. The first kappa shape index (κ1) is 40.4. The van der Waals surface area contributed by atoms with E-state index < -0.39 is 53.6 Å². The van der Waals surface area contributed by atoms with Crippen molar-refractivity contribution in [3.8, 4) is 5.75 Å². The lowest BCUT2D eigenvalue weighted by Crippen LogP contribution is -2.49. The van der Waals surface area contributed by atoms with Crippen LogP contribution < -0.4 is 32.7 Å². The van der Waals surface area contributed by atoms with Gasteiger partial charge in [-0.05, 0) is 74.9 Å². The number of aliphatic carboxylic acids is 2. The molecule has 6 unspecified atom stereocenters. The fourth-order valence-electron chi connectivity index (χ4n) is 5.42. The van der Waals surface area contributed by atoms with Crippen molar-refractivity contribution in [1.82, 2.24) is 21.3 Å². The topological polar surface area (TPSA) is 263 Å². The molecule has 2 saturated carbocycles. The average molecular weight is 711 g/mol. The quantitative estimate of drug-likeness (QED) is 0.0843. The molecule has 0 spiro atoms. The van der Waals surface area contributed by atoms with Gasteiger partial charge in [0, 0.05) is 25.9 Å². The Labute approximate surface area is 296 Å². The molecule has 15 nitrogen and oxygen atoms in total. The van der Waals surface area contributed by atoms with E-state index in [0.29, 0.717) is 45.4 Å². The monoisotopic (exact) mass is 710 g/mol. The van der Waals surface area contributed by atoms with Crippen LogP contribution in [0.15, 0.2) is 54.6 Å². The second-order valence-corrected chi connectivity index (χ2v) is 12.8. The molecule has 15 heteroatoms. The van der Waals surface area contributed by atoms with Gasteiger partial charge in [-0.15, -0.1) is 0 Å². The van der Waals surface area contributed by atoms with E-state index in [4.69, 9.17) is 21.7 Å². The van der Waals surface area contributed by atoms with Crippen molar-refractivity contribution in [2.45, 2.75) is 63.5 Å². The molecule has 2 aromatic carbocycles. The van der Waals surface area contributed by atoms with Crippen LogP contribution in [0.2, 0.25) is 0 Å². The molecule has 0 saturated heterocycles. The van der Waals surface area contributed by atoms with Crippen LogP contribution in [0.1, 0.15) is 49.7 Å². The molecule has 278 valence electrons. The number of hydrogen-bond acceptors (Lipinski definition) is 9. The van der Waals surface area contributed by atoms with Gasteiger partial charge >= 0.3 is 11.9 Å². The van der Waals surface area contributed by atoms with E-state index in [-0.39, 0.29) is 29.9 Å². The number of carbonyl (C=O) groups is 6. The molecule has 0 heterocycles. The smallest absolute Gasteiger partial charge is 0.307 e. The number of carboxylic acids is 2. The van der Waals surface area contributed by atoms with Gasteiger partial charge in [0.1, 0.15) is 17.8 Å². The second kappa shape index (κ2) is 20.6. The maximum Gasteiger partial charge on any atom is 0.307 e. The van der Waals surface area contributed by atoms with Crippen molar-refractivity contribution in [3.05, 3.63) is 65.7 Å². The second-order valence-electron chi connectivity index (χ2n) is 12.8. The van der Waals surface area contributed by atoms with Crippen LogP contribution in [-0.4, -0.2) is 89.1 Å². The molecule has 0 aromatic heterocycles. The Morgan fingerprint density at radius 3 is 1.39 bits per heavy atom. The van der Waals surface area contributed by atoms with E-state index in [1.54, 1.807) is 12.1 Å². The molecule has 2 aliphatic carbocycles. The molecular weight excluding hydrogens is 660 g/mol. The minimum Gasteiger partial charge on any atom is -0.508 e. The van der Waals surface area contributed by atoms with Crippen molar-refractivity contribution in [2.75, 3.05) is 26.2 Å². The summed E-state index contributed by atoms with van der Waals surface area (Å²) in [5, 5.41) is 38.2. The Morgan fingerprint density at radius 2 is 1.02 bits per heavy atom. The Bertz CT molecular complexity index is 1470. The van der Waals surface area contributed by atoms with Gasteiger partial charge < -0.3 is 48.1 Å². The molecule has 11 N–H and O–H groups in total. The zero-order chi connectivity index (χ0) is 37.3. The third-order valence-corrected chi connectivity index (χ3v) is 8.67. The van der Waals surface area contributed by atoms with Crippen LogP contribution >= 0.6 is 0 Å². The summed E-state index contributed by atoms with van der Waals surface area (Å²) < 4.78 is 0. The van der Waals surface area contributed by atoms with Gasteiger partial charge in [-0.1, -0.05) is 42.5 Å². The van der Waals surface area contributed by atoms with Crippen molar-refractivity contribution in [2.24, 2.45) is 35.1 Å². The molecule has 2 aliphatic rings. The molecule has 51 heavy (non-hydrogen) atoms. The van der Waals surface area contributed by atoms with E-state index in [0.717, 1.165) is 36.8 Å². The van der Waals surface area contributed by atoms with Crippen molar-refractivity contribution >= 4 is 35.6 Å². The normalized spacial score (nSPS) is 19.6. The van der Waals surface area contributed by atoms with Crippen LogP contribution in [0.3, 0.4) is 0 Å². The third-order valence-electron chi connectivity index (χ3n) is 8.67. The van der Waals surface area contributed by atoms with Gasteiger partial charge in [0.2, 0.25) is 23.6 Å². The highest BCUT2D eigenvalue weighted by Crippen LogP contribution is 2.39. The summed E-state index contributed by atoms with van der Waals surface area (Å²) in [5.74, 6) is -5.65.